The molecule has 1 aliphatic rings. The zero-order chi connectivity index (χ0) is 17.5. The van der Waals surface area contributed by atoms with Gasteiger partial charge in [-0.1, -0.05) is 0 Å². The van der Waals surface area contributed by atoms with E-state index in [4.69, 9.17) is 18.9 Å². The molecule has 0 amide bonds. The average Bonchev–Trinajstić information content (AvgIpc) is 2.64. The molecule has 1 aliphatic heterocycles. The summed E-state index contributed by atoms with van der Waals surface area (Å²) in [5.74, 6) is 1.10. The fraction of sp³-hybridized carbons (Fsp3) is 0.529. The van der Waals surface area contributed by atoms with E-state index in [0.29, 0.717) is 42.2 Å². The van der Waals surface area contributed by atoms with Crippen LogP contribution in [-0.4, -0.2) is 74.6 Å². The van der Waals surface area contributed by atoms with Crippen LogP contribution in [0.5, 0.6) is 11.5 Å². The van der Waals surface area contributed by atoms with Crippen LogP contribution in [0.3, 0.4) is 0 Å². The van der Waals surface area contributed by atoms with Gasteiger partial charge in [0.15, 0.2) is 11.5 Å². The third-order valence-electron chi connectivity index (χ3n) is 4.02. The van der Waals surface area contributed by atoms with Gasteiger partial charge in [-0.25, -0.2) is 4.98 Å². The molecule has 25 heavy (non-hydrogen) atoms. The van der Waals surface area contributed by atoms with Crippen molar-refractivity contribution in [3.05, 3.63) is 28.8 Å². The largest absolute Gasteiger partial charge is 0.488 e. The normalized spacial score (nSPS) is 15.4. The molecule has 0 aliphatic carbocycles. The third kappa shape index (κ3) is 4.68. The summed E-state index contributed by atoms with van der Waals surface area (Å²) in [7, 11) is 1.62. The molecule has 1 N–H and O–H groups in total. The fourth-order valence-corrected chi connectivity index (χ4v) is 2.65. The Morgan fingerprint density at radius 1 is 1.16 bits per heavy atom. The van der Waals surface area contributed by atoms with Gasteiger partial charge in [-0.2, -0.15) is 0 Å². The Bertz CT molecular complexity index is 743. The van der Waals surface area contributed by atoms with Crippen LogP contribution in [0.2, 0.25) is 0 Å². The number of fused-ring (bicyclic) bond motifs is 1. The van der Waals surface area contributed by atoms with Gasteiger partial charge in [0.25, 0.3) is 5.56 Å². The van der Waals surface area contributed by atoms with Gasteiger partial charge in [0, 0.05) is 32.8 Å². The summed E-state index contributed by atoms with van der Waals surface area (Å²) in [6, 6.07) is 3.41. The van der Waals surface area contributed by atoms with Crippen LogP contribution in [-0.2, 0) is 9.47 Å². The smallest absolute Gasteiger partial charge is 0.258 e. The van der Waals surface area contributed by atoms with E-state index >= 15 is 0 Å². The average molecular weight is 349 g/mol. The van der Waals surface area contributed by atoms with Crippen molar-refractivity contribution in [1.29, 1.82) is 0 Å². The number of hydrogen-bond acceptors (Lipinski definition) is 7. The molecule has 0 unspecified atom stereocenters. The first-order chi connectivity index (χ1) is 12.3. The second-order valence-electron chi connectivity index (χ2n) is 5.69. The lowest BCUT2D eigenvalue weighted by Crippen LogP contribution is -2.38. The van der Waals surface area contributed by atoms with E-state index < -0.39 is 0 Å². The molecule has 3 rings (SSSR count). The maximum atomic E-state index is 12.0. The lowest BCUT2D eigenvalue weighted by Gasteiger charge is -2.26. The Morgan fingerprint density at radius 3 is 2.72 bits per heavy atom. The second-order valence-corrected chi connectivity index (χ2v) is 5.69. The number of morpholine rings is 1. The van der Waals surface area contributed by atoms with Crippen LogP contribution in [0.4, 0.5) is 0 Å². The van der Waals surface area contributed by atoms with Crippen LogP contribution < -0.4 is 15.0 Å². The Labute approximate surface area is 145 Å². The highest BCUT2D eigenvalue weighted by Gasteiger charge is 2.13. The van der Waals surface area contributed by atoms with Crippen LogP contribution >= 0.6 is 0 Å². The summed E-state index contributed by atoms with van der Waals surface area (Å²) in [4.78, 5) is 21.0. The van der Waals surface area contributed by atoms with Crippen molar-refractivity contribution in [1.82, 2.24) is 14.9 Å². The minimum Gasteiger partial charge on any atom is -0.488 e. The van der Waals surface area contributed by atoms with Gasteiger partial charge in [0.2, 0.25) is 0 Å². The van der Waals surface area contributed by atoms with E-state index in [9.17, 15) is 4.79 Å². The SMILES string of the molecule is COCCOc1cc2nc[nH]c(=O)c2cc1OCCN1CCOCC1. The Balaban J connectivity index is 1.73. The predicted octanol–water partition coefficient (Wildman–Crippen LogP) is 0.659. The van der Waals surface area contributed by atoms with Crippen molar-refractivity contribution in [2.75, 3.05) is 59.8 Å². The predicted molar refractivity (Wildman–Crippen MR) is 92.5 cm³/mol. The zero-order valence-electron chi connectivity index (χ0n) is 14.3. The summed E-state index contributed by atoms with van der Waals surface area (Å²) < 4.78 is 22.0. The molecular formula is C17H23N3O5. The second kappa shape index (κ2) is 8.80. The van der Waals surface area contributed by atoms with Crippen molar-refractivity contribution in [3.63, 3.8) is 0 Å². The minimum absolute atomic E-state index is 0.202. The van der Waals surface area contributed by atoms with E-state index in [2.05, 4.69) is 14.9 Å². The van der Waals surface area contributed by atoms with Crippen molar-refractivity contribution >= 4 is 10.9 Å². The molecule has 1 fully saturated rings. The van der Waals surface area contributed by atoms with Crippen molar-refractivity contribution in [3.8, 4) is 11.5 Å². The number of benzene rings is 1. The first-order valence-electron chi connectivity index (χ1n) is 8.34. The number of aromatic nitrogens is 2. The highest BCUT2D eigenvalue weighted by molar-refractivity contribution is 5.81. The fourth-order valence-electron chi connectivity index (χ4n) is 2.65. The lowest BCUT2D eigenvalue weighted by molar-refractivity contribution is 0.0320. The molecule has 136 valence electrons. The summed E-state index contributed by atoms with van der Waals surface area (Å²) in [6.45, 7) is 5.47. The maximum Gasteiger partial charge on any atom is 0.258 e. The Morgan fingerprint density at radius 2 is 1.92 bits per heavy atom. The topological polar surface area (TPSA) is 85.9 Å². The standard InChI is InChI=1S/C17H23N3O5/c1-22-8-9-25-16-11-14-13(17(21)19-12-18-14)10-15(16)24-7-4-20-2-5-23-6-3-20/h10-12H,2-9H2,1H3,(H,18,19,21). The molecule has 8 nitrogen and oxygen atoms in total. The molecule has 0 radical (unpaired) electrons. The summed E-state index contributed by atoms with van der Waals surface area (Å²) in [6.07, 6.45) is 1.38. The minimum atomic E-state index is -0.202. The lowest BCUT2D eigenvalue weighted by atomic mass is 10.2. The molecule has 0 spiro atoms. The molecule has 0 saturated carbocycles. The van der Waals surface area contributed by atoms with Crippen LogP contribution in [0.25, 0.3) is 10.9 Å². The van der Waals surface area contributed by atoms with Gasteiger partial charge in [0.1, 0.15) is 13.2 Å². The number of rotatable bonds is 8. The number of ether oxygens (including phenoxy) is 4. The monoisotopic (exact) mass is 349 g/mol. The van der Waals surface area contributed by atoms with Crippen molar-refractivity contribution < 1.29 is 18.9 Å². The Kier molecular flexibility index (Phi) is 6.21. The van der Waals surface area contributed by atoms with Gasteiger partial charge in [0.05, 0.1) is 37.1 Å². The van der Waals surface area contributed by atoms with E-state index in [1.54, 1.807) is 19.2 Å². The molecule has 1 aromatic heterocycles. The van der Waals surface area contributed by atoms with Gasteiger partial charge in [-0.15, -0.1) is 0 Å². The number of nitrogens with one attached hydrogen (secondary N) is 1. The molecular weight excluding hydrogens is 326 g/mol. The third-order valence-corrected chi connectivity index (χ3v) is 4.02. The number of nitrogens with zero attached hydrogens (tertiary/aromatic N) is 2. The molecule has 1 aromatic carbocycles. The van der Waals surface area contributed by atoms with Crippen LogP contribution in [0.15, 0.2) is 23.3 Å². The first-order valence-corrected chi connectivity index (χ1v) is 8.34. The van der Waals surface area contributed by atoms with Crippen LogP contribution in [0.1, 0.15) is 0 Å². The quantitative estimate of drug-likeness (QED) is 0.701. The molecule has 2 heterocycles. The van der Waals surface area contributed by atoms with E-state index in [1.165, 1.54) is 6.33 Å². The number of H-pyrrole nitrogens is 1. The molecule has 1 saturated heterocycles. The molecule has 8 heteroatoms. The first kappa shape index (κ1) is 17.7. The highest BCUT2D eigenvalue weighted by atomic mass is 16.5. The van der Waals surface area contributed by atoms with E-state index in [1.807, 2.05) is 0 Å². The van der Waals surface area contributed by atoms with Gasteiger partial charge < -0.3 is 23.9 Å². The van der Waals surface area contributed by atoms with Gasteiger partial charge in [-0.05, 0) is 6.07 Å². The van der Waals surface area contributed by atoms with Crippen molar-refractivity contribution in [2.24, 2.45) is 0 Å². The Hall–Kier alpha value is -2.16. The number of methoxy groups -OCH3 is 1. The zero-order valence-corrected chi connectivity index (χ0v) is 14.3. The summed E-state index contributed by atoms with van der Waals surface area (Å²) in [5.41, 5.74) is 0.364. The summed E-state index contributed by atoms with van der Waals surface area (Å²) in [5, 5.41) is 0.475. The van der Waals surface area contributed by atoms with E-state index in [-0.39, 0.29) is 5.56 Å². The van der Waals surface area contributed by atoms with Gasteiger partial charge >= 0.3 is 0 Å². The molecule has 2 aromatic rings. The van der Waals surface area contributed by atoms with Gasteiger partial charge in [-0.3, -0.25) is 9.69 Å². The van der Waals surface area contributed by atoms with Crippen molar-refractivity contribution in [2.45, 2.75) is 0 Å². The highest BCUT2D eigenvalue weighted by Crippen LogP contribution is 2.30. The van der Waals surface area contributed by atoms with Crippen LogP contribution in [0, 0.1) is 0 Å². The molecule has 0 atom stereocenters. The summed E-state index contributed by atoms with van der Waals surface area (Å²) >= 11 is 0. The number of aromatic amines is 1. The maximum absolute atomic E-state index is 12.0. The van der Waals surface area contributed by atoms with E-state index in [0.717, 1.165) is 32.8 Å². The molecule has 0 bridgehead atoms. The number of hydrogen-bond donors (Lipinski definition) is 1.